The van der Waals surface area contributed by atoms with Crippen LogP contribution in [-0.2, 0) is 6.54 Å². The minimum Gasteiger partial charge on any atom is -0.497 e. The zero-order valence-corrected chi connectivity index (χ0v) is 14.3. The highest BCUT2D eigenvalue weighted by Crippen LogP contribution is 2.21. The van der Waals surface area contributed by atoms with Crippen LogP contribution < -0.4 is 10.1 Å². The molecule has 0 spiro atoms. The van der Waals surface area contributed by atoms with E-state index in [0.717, 1.165) is 27.9 Å². The lowest BCUT2D eigenvalue weighted by atomic mass is 10.2. The van der Waals surface area contributed by atoms with Gasteiger partial charge in [-0.15, -0.1) is 0 Å². The molecule has 1 amide bonds. The van der Waals surface area contributed by atoms with E-state index >= 15 is 0 Å². The standard InChI is InChI=1S/C20H18N4O2/c1-26-17-8-7-15-9-19(23-18(15)10-17)20(25)21-11-14-12-22-24(13-14)16-5-3-2-4-6-16/h2-10,12-13,23H,11H2,1H3,(H,21,25). The summed E-state index contributed by atoms with van der Waals surface area (Å²) in [6, 6.07) is 17.3. The van der Waals surface area contributed by atoms with Gasteiger partial charge in [-0.2, -0.15) is 5.10 Å². The fraction of sp³-hybridized carbons (Fsp3) is 0.100. The number of hydrogen-bond acceptors (Lipinski definition) is 3. The molecule has 130 valence electrons. The monoisotopic (exact) mass is 346 g/mol. The Morgan fingerprint density at radius 2 is 2.04 bits per heavy atom. The largest absolute Gasteiger partial charge is 0.497 e. The van der Waals surface area contributed by atoms with Crippen LogP contribution in [0.1, 0.15) is 16.1 Å². The average molecular weight is 346 g/mol. The third-order valence-corrected chi connectivity index (χ3v) is 4.18. The van der Waals surface area contributed by atoms with Crippen LogP contribution in [0.4, 0.5) is 0 Å². The summed E-state index contributed by atoms with van der Waals surface area (Å²) in [6.07, 6.45) is 3.66. The van der Waals surface area contributed by atoms with Crippen molar-refractivity contribution in [2.24, 2.45) is 0 Å². The van der Waals surface area contributed by atoms with Gasteiger partial charge in [0.25, 0.3) is 5.91 Å². The van der Waals surface area contributed by atoms with Gasteiger partial charge >= 0.3 is 0 Å². The predicted molar refractivity (Wildman–Crippen MR) is 99.6 cm³/mol. The van der Waals surface area contributed by atoms with E-state index in [4.69, 9.17) is 4.74 Å². The van der Waals surface area contributed by atoms with E-state index < -0.39 is 0 Å². The highest BCUT2D eigenvalue weighted by Gasteiger charge is 2.10. The number of H-pyrrole nitrogens is 1. The molecule has 4 aromatic rings. The quantitative estimate of drug-likeness (QED) is 0.582. The fourth-order valence-electron chi connectivity index (χ4n) is 2.81. The molecule has 0 unspecified atom stereocenters. The van der Waals surface area contributed by atoms with Crippen LogP contribution in [0.15, 0.2) is 67.0 Å². The Labute approximate surface area is 150 Å². The lowest BCUT2D eigenvalue weighted by Gasteiger charge is -2.02. The van der Waals surface area contributed by atoms with Gasteiger partial charge in [-0.25, -0.2) is 4.68 Å². The number of methoxy groups -OCH3 is 1. The molecule has 0 aliphatic heterocycles. The van der Waals surface area contributed by atoms with E-state index in [1.807, 2.05) is 60.8 Å². The zero-order chi connectivity index (χ0) is 17.9. The van der Waals surface area contributed by atoms with Gasteiger partial charge in [-0.05, 0) is 30.3 Å². The first-order valence-corrected chi connectivity index (χ1v) is 8.27. The third-order valence-electron chi connectivity index (χ3n) is 4.18. The molecule has 4 rings (SSSR count). The summed E-state index contributed by atoms with van der Waals surface area (Å²) >= 11 is 0. The Kier molecular flexibility index (Phi) is 4.15. The van der Waals surface area contributed by atoms with Crippen molar-refractivity contribution in [2.75, 3.05) is 7.11 Å². The molecule has 2 aromatic carbocycles. The maximum Gasteiger partial charge on any atom is 0.267 e. The molecule has 0 radical (unpaired) electrons. The average Bonchev–Trinajstić information content (AvgIpc) is 3.33. The lowest BCUT2D eigenvalue weighted by molar-refractivity contribution is 0.0947. The van der Waals surface area contributed by atoms with Crippen molar-refractivity contribution in [3.8, 4) is 11.4 Å². The first-order valence-electron chi connectivity index (χ1n) is 8.27. The molecule has 6 heteroatoms. The van der Waals surface area contributed by atoms with Crippen molar-refractivity contribution < 1.29 is 9.53 Å². The van der Waals surface area contributed by atoms with E-state index in [1.165, 1.54) is 0 Å². The van der Waals surface area contributed by atoms with E-state index in [9.17, 15) is 4.79 Å². The number of nitrogens with zero attached hydrogens (tertiary/aromatic N) is 2. The van der Waals surface area contributed by atoms with E-state index in [1.54, 1.807) is 18.0 Å². The SMILES string of the molecule is COc1ccc2cc(C(=O)NCc3cnn(-c4ccccc4)c3)[nH]c2c1. The third kappa shape index (κ3) is 3.17. The van der Waals surface area contributed by atoms with E-state index in [-0.39, 0.29) is 5.91 Å². The van der Waals surface area contributed by atoms with E-state index in [2.05, 4.69) is 15.4 Å². The van der Waals surface area contributed by atoms with Crippen LogP contribution >= 0.6 is 0 Å². The van der Waals surface area contributed by atoms with Gasteiger partial charge in [0.05, 0.1) is 19.0 Å². The maximum atomic E-state index is 12.4. The van der Waals surface area contributed by atoms with Crippen LogP contribution in [0.3, 0.4) is 0 Å². The number of aromatic amines is 1. The highest BCUT2D eigenvalue weighted by molar-refractivity contribution is 5.98. The zero-order valence-electron chi connectivity index (χ0n) is 14.3. The Hall–Kier alpha value is -3.54. The maximum absolute atomic E-state index is 12.4. The number of carbonyl (C=O) groups is 1. The molecule has 2 heterocycles. The number of carbonyl (C=O) groups excluding carboxylic acids is 1. The van der Waals surface area contributed by atoms with Gasteiger partial charge in [-0.3, -0.25) is 4.79 Å². The second kappa shape index (κ2) is 6.76. The number of benzene rings is 2. The molecule has 0 atom stereocenters. The topological polar surface area (TPSA) is 71.9 Å². The lowest BCUT2D eigenvalue weighted by Crippen LogP contribution is -2.22. The van der Waals surface area contributed by atoms with Gasteiger partial charge < -0.3 is 15.0 Å². The number of para-hydroxylation sites is 1. The van der Waals surface area contributed by atoms with Gasteiger partial charge in [-0.1, -0.05) is 18.2 Å². The van der Waals surface area contributed by atoms with Crippen molar-refractivity contribution in [1.82, 2.24) is 20.1 Å². The second-order valence-corrected chi connectivity index (χ2v) is 5.95. The van der Waals surface area contributed by atoms with Gasteiger partial charge in [0.2, 0.25) is 0 Å². The molecular weight excluding hydrogens is 328 g/mol. The smallest absolute Gasteiger partial charge is 0.267 e. The van der Waals surface area contributed by atoms with Crippen molar-refractivity contribution in [1.29, 1.82) is 0 Å². The molecule has 0 saturated heterocycles. The normalized spacial score (nSPS) is 10.8. The minimum atomic E-state index is -0.160. The first kappa shape index (κ1) is 16.0. The van der Waals surface area contributed by atoms with Crippen molar-refractivity contribution in [2.45, 2.75) is 6.54 Å². The summed E-state index contributed by atoms with van der Waals surface area (Å²) in [4.78, 5) is 15.5. The van der Waals surface area contributed by atoms with Crippen molar-refractivity contribution in [3.05, 3.63) is 78.2 Å². The van der Waals surface area contributed by atoms with Gasteiger partial charge in [0.1, 0.15) is 11.4 Å². The predicted octanol–water partition coefficient (Wildman–Crippen LogP) is 3.29. The molecule has 2 N–H and O–H groups in total. The van der Waals surface area contributed by atoms with Crippen LogP contribution in [0.5, 0.6) is 5.75 Å². The molecule has 2 aromatic heterocycles. The van der Waals surface area contributed by atoms with Gasteiger partial charge in [0, 0.05) is 35.3 Å². The van der Waals surface area contributed by atoms with Gasteiger partial charge in [0.15, 0.2) is 0 Å². The molecule has 0 bridgehead atoms. The summed E-state index contributed by atoms with van der Waals surface area (Å²) in [5.74, 6) is 0.590. The summed E-state index contributed by atoms with van der Waals surface area (Å²) in [5, 5.41) is 8.22. The molecule has 0 saturated carbocycles. The fourth-order valence-corrected chi connectivity index (χ4v) is 2.81. The molecule has 6 nitrogen and oxygen atoms in total. The second-order valence-electron chi connectivity index (χ2n) is 5.95. The van der Waals surface area contributed by atoms with Crippen molar-refractivity contribution >= 4 is 16.8 Å². The van der Waals surface area contributed by atoms with Crippen LogP contribution in [-0.4, -0.2) is 27.8 Å². The number of amides is 1. The Bertz CT molecular complexity index is 1050. The van der Waals surface area contributed by atoms with Crippen LogP contribution in [0, 0.1) is 0 Å². The number of nitrogens with one attached hydrogen (secondary N) is 2. The van der Waals surface area contributed by atoms with Crippen LogP contribution in [0.2, 0.25) is 0 Å². The van der Waals surface area contributed by atoms with Crippen molar-refractivity contribution in [3.63, 3.8) is 0 Å². The molecule has 0 fully saturated rings. The van der Waals surface area contributed by atoms with E-state index in [0.29, 0.717) is 12.2 Å². The summed E-state index contributed by atoms with van der Waals surface area (Å²) in [6.45, 7) is 0.407. The molecule has 0 aliphatic carbocycles. The highest BCUT2D eigenvalue weighted by atomic mass is 16.5. The molecule has 26 heavy (non-hydrogen) atoms. The number of fused-ring (bicyclic) bond motifs is 1. The summed E-state index contributed by atoms with van der Waals surface area (Å²) in [7, 11) is 1.62. The minimum absolute atomic E-state index is 0.160. The number of aromatic nitrogens is 3. The molecule has 0 aliphatic rings. The Morgan fingerprint density at radius 1 is 1.19 bits per heavy atom. The number of ether oxygens (including phenoxy) is 1. The summed E-state index contributed by atoms with van der Waals surface area (Å²) < 4.78 is 6.99. The number of hydrogen-bond donors (Lipinski definition) is 2. The molecular formula is C20H18N4O2. The Morgan fingerprint density at radius 3 is 2.85 bits per heavy atom. The summed E-state index contributed by atoms with van der Waals surface area (Å²) in [5.41, 5.74) is 3.30. The Balaban J connectivity index is 1.45. The number of rotatable bonds is 5. The van der Waals surface area contributed by atoms with Crippen LogP contribution in [0.25, 0.3) is 16.6 Å². The first-order chi connectivity index (χ1) is 12.7.